The first-order valence-corrected chi connectivity index (χ1v) is 16.6. The molecule has 12 heteroatoms. The molecule has 0 bridgehead atoms. The molecule has 2 aromatic carbocycles. The third-order valence-electron chi connectivity index (χ3n) is 6.64. The molecule has 0 spiro atoms. The molecular formula is C29H39FN8OS2. The Morgan fingerprint density at radius 2 is 1.51 bits per heavy atom. The molecule has 1 aliphatic rings. The highest BCUT2D eigenvalue weighted by Gasteiger charge is 2.15. The van der Waals surface area contributed by atoms with Crippen molar-refractivity contribution in [2.75, 3.05) is 47.1 Å². The normalized spacial score (nSPS) is 13.5. The van der Waals surface area contributed by atoms with Crippen molar-refractivity contribution in [1.29, 1.82) is 0 Å². The molecule has 220 valence electrons. The molecule has 1 aliphatic carbocycles. The minimum atomic E-state index is -0.270. The number of nitrogens with two attached hydrogens (primary N) is 1. The highest BCUT2D eigenvalue weighted by Crippen LogP contribution is 2.24. The second-order valence-electron chi connectivity index (χ2n) is 9.95. The maximum atomic E-state index is 13.3. The molecule has 1 fully saturated rings. The second-order valence-corrected chi connectivity index (χ2v) is 12.7. The van der Waals surface area contributed by atoms with Crippen LogP contribution >= 0.6 is 21.6 Å². The summed E-state index contributed by atoms with van der Waals surface area (Å²) in [6.45, 7) is 2.57. The van der Waals surface area contributed by atoms with Gasteiger partial charge in [0.25, 0.3) is 0 Å². The molecule has 0 atom stereocenters. The van der Waals surface area contributed by atoms with E-state index < -0.39 is 0 Å². The van der Waals surface area contributed by atoms with Crippen molar-refractivity contribution < 1.29 is 9.18 Å². The summed E-state index contributed by atoms with van der Waals surface area (Å²) in [4.78, 5) is 26.0. The van der Waals surface area contributed by atoms with E-state index in [1.54, 1.807) is 33.7 Å². The molecule has 1 amide bonds. The maximum absolute atomic E-state index is 13.3. The van der Waals surface area contributed by atoms with Gasteiger partial charge in [-0.3, -0.25) is 4.79 Å². The van der Waals surface area contributed by atoms with Crippen molar-refractivity contribution in [2.24, 2.45) is 11.7 Å². The predicted molar refractivity (Wildman–Crippen MR) is 169 cm³/mol. The summed E-state index contributed by atoms with van der Waals surface area (Å²) in [5.41, 5.74) is 8.13. The van der Waals surface area contributed by atoms with Crippen LogP contribution < -0.4 is 27.0 Å². The molecule has 6 N–H and O–H groups in total. The Balaban J connectivity index is 1.35. The van der Waals surface area contributed by atoms with Gasteiger partial charge in [-0.15, -0.1) is 0 Å². The molecule has 0 unspecified atom stereocenters. The van der Waals surface area contributed by atoms with E-state index in [2.05, 4.69) is 36.2 Å². The first kappa shape index (κ1) is 30.9. The molecule has 0 radical (unpaired) electrons. The average molecular weight is 599 g/mol. The number of carbonyl (C=O) groups is 1. The van der Waals surface area contributed by atoms with Crippen LogP contribution in [0.5, 0.6) is 0 Å². The Kier molecular flexibility index (Phi) is 12.8. The van der Waals surface area contributed by atoms with E-state index in [9.17, 15) is 9.18 Å². The van der Waals surface area contributed by atoms with Gasteiger partial charge in [-0.2, -0.15) is 15.0 Å². The number of rotatable bonds is 16. The van der Waals surface area contributed by atoms with Gasteiger partial charge < -0.3 is 27.0 Å². The number of benzene rings is 2. The van der Waals surface area contributed by atoms with Gasteiger partial charge in [-0.25, -0.2) is 4.39 Å². The van der Waals surface area contributed by atoms with E-state index in [-0.39, 0.29) is 11.7 Å². The zero-order valence-corrected chi connectivity index (χ0v) is 24.8. The van der Waals surface area contributed by atoms with Crippen LogP contribution in [0.2, 0.25) is 0 Å². The Morgan fingerprint density at radius 3 is 2.24 bits per heavy atom. The minimum absolute atomic E-state index is 0.00171. The first-order chi connectivity index (χ1) is 20.1. The lowest BCUT2D eigenvalue weighted by Gasteiger charge is -2.21. The molecule has 0 saturated heterocycles. The molecule has 0 aliphatic heterocycles. The summed E-state index contributed by atoms with van der Waals surface area (Å²) in [6, 6.07) is 14.0. The summed E-state index contributed by atoms with van der Waals surface area (Å²) in [7, 11) is 3.44. The van der Waals surface area contributed by atoms with Crippen molar-refractivity contribution >= 4 is 51.0 Å². The third-order valence-corrected chi connectivity index (χ3v) is 9.08. The molecule has 1 aromatic heterocycles. The summed E-state index contributed by atoms with van der Waals surface area (Å²) in [5.74, 6) is 3.44. The van der Waals surface area contributed by atoms with Gasteiger partial charge in [0.05, 0.1) is 6.42 Å². The van der Waals surface area contributed by atoms with Gasteiger partial charge in [0.1, 0.15) is 5.82 Å². The summed E-state index contributed by atoms with van der Waals surface area (Å²) >= 11 is 0. The monoisotopic (exact) mass is 598 g/mol. The van der Waals surface area contributed by atoms with E-state index in [0.717, 1.165) is 34.9 Å². The van der Waals surface area contributed by atoms with Crippen LogP contribution in [0.1, 0.15) is 43.2 Å². The van der Waals surface area contributed by atoms with Gasteiger partial charge in [-0.1, -0.05) is 65.1 Å². The van der Waals surface area contributed by atoms with Crippen LogP contribution in [-0.4, -0.2) is 52.0 Å². The van der Waals surface area contributed by atoms with E-state index in [0.29, 0.717) is 49.8 Å². The number of amides is 1. The SMILES string of the molecule is NCCSSCCNC(=O)Cc1ccc(Nc2nc(NCc3ccc(F)cc3)nc(NCC3CCCCC3)n2)cc1. The van der Waals surface area contributed by atoms with Gasteiger partial charge in [-0.05, 0) is 54.2 Å². The van der Waals surface area contributed by atoms with Crippen molar-refractivity contribution in [2.45, 2.75) is 45.1 Å². The number of carbonyl (C=O) groups excluding carboxylic acids is 1. The number of hydrogen-bond acceptors (Lipinski definition) is 10. The molecule has 1 saturated carbocycles. The zero-order chi connectivity index (χ0) is 28.7. The maximum Gasteiger partial charge on any atom is 0.233 e. The topological polar surface area (TPSA) is 130 Å². The Bertz CT molecular complexity index is 1210. The van der Waals surface area contributed by atoms with E-state index in [4.69, 9.17) is 5.73 Å². The summed E-state index contributed by atoms with van der Waals surface area (Å²) in [6.07, 6.45) is 6.61. The Morgan fingerprint density at radius 1 is 0.854 bits per heavy atom. The Hall–Kier alpha value is -3.09. The van der Waals surface area contributed by atoms with Crippen molar-refractivity contribution in [3.8, 4) is 0 Å². The van der Waals surface area contributed by atoms with Crippen molar-refractivity contribution in [3.05, 3.63) is 65.5 Å². The molecule has 4 rings (SSSR count). The van der Waals surface area contributed by atoms with E-state index in [1.165, 1.54) is 44.2 Å². The van der Waals surface area contributed by atoms with Crippen LogP contribution in [0.3, 0.4) is 0 Å². The lowest BCUT2D eigenvalue weighted by molar-refractivity contribution is -0.120. The van der Waals surface area contributed by atoms with Crippen LogP contribution in [0, 0.1) is 11.7 Å². The molecule has 9 nitrogen and oxygen atoms in total. The molecule has 1 heterocycles. The number of anilines is 4. The van der Waals surface area contributed by atoms with Crippen LogP contribution in [0.4, 0.5) is 27.9 Å². The lowest BCUT2D eigenvalue weighted by Crippen LogP contribution is -2.27. The lowest BCUT2D eigenvalue weighted by atomic mass is 9.89. The fourth-order valence-electron chi connectivity index (χ4n) is 4.48. The van der Waals surface area contributed by atoms with Gasteiger partial charge >= 0.3 is 0 Å². The average Bonchev–Trinajstić information content (AvgIpc) is 2.99. The van der Waals surface area contributed by atoms with Crippen LogP contribution in [0.25, 0.3) is 0 Å². The largest absolute Gasteiger partial charge is 0.355 e. The standard InChI is InChI=1S/C29H39FN8OS2/c30-24-10-6-23(7-11-24)20-34-28-36-27(33-19-22-4-2-1-3-5-22)37-29(38-28)35-25-12-8-21(9-13-25)18-26(39)32-15-17-41-40-16-14-31/h6-13,22H,1-5,14-20,31H2,(H,32,39)(H3,33,34,35,36,37,38). The van der Waals surface area contributed by atoms with Crippen molar-refractivity contribution in [1.82, 2.24) is 20.3 Å². The summed E-state index contributed by atoms with van der Waals surface area (Å²) < 4.78 is 13.3. The minimum Gasteiger partial charge on any atom is -0.355 e. The highest BCUT2D eigenvalue weighted by molar-refractivity contribution is 8.76. The Labute approximate surface area is 249 Å². The fraction of sp³-hybridized carbons (Fsp3) is 0.448. The molecular weight excluding hydrogens is 560 g/mol. The van der Waals surface area contributed by atoms with Crippen LogP contribution in [0.15, 0.2) is 48.5 Å². The second kappa shape index (κ2) is 17.0. The van der Waals surface area contributed by atoms with Gasteiger partial charge in [0.2, 0.25) is 23.8 Å². The predicted octanol–water partition coefficient (Wildman–Crippen LogP) is 5.36. The summed E-state index contributed by atoms with van der Waals surface area (Å²) in [5, 5.41) is 12.9. The first-order valence-electron chi connectivity index (χ1n) is 14.1. The smallest absolute Gasteiger partial charge is 0.233 e. The molecule has 41 heavy (non-hydrogen) atoms. The third kappa shape index (κ3) is 11.4. The van der Waals surface area contributed by atoms with Gasteiger partial charge in [0, 0.05) is 43.4 Å². The number of nitrogens with one attached hydrogen (secondary N) is 4. The number of aromatic nitrogens is 3. The number of halogens is 1. The zero-order valence-electron chi connectivity index (χ0n) is 23.2. The number of hydrogen-bond donors (Lipinski definition) is 5. The van der Waals surface area contributed by atoms with Crippen LogP contribution in [-0.2, 0) is 17.8 Å². The van der Waals surface area contributed by atoms with Crippen molar-refractivity contribution in [3.63, 3.8) is 0 Å². The quantitative estimate of drug-likeness (QED) is 0.109. The fourth-order valence-corrected chi connectivity index (χ4v) is 6.24. The number of nitrogens with zero attached hydrogens (tertiary/aromatic N) is 3. The van der Waals surface area contributed by atoms with Gasteiger partial charge in [0.15, 0.2) is 0 Å². The van der Waals surface area contributed by atoms with E-state index >= 15 is 0 Å². The highest BCUT2D eigenvalue weighted by atomic mass is 33.1. The molecule has 3 aromatic rings. The van der Waals surface area contributed by atoms with E-state index in [1.807, 2.05) is 24.3 Å².